The number of aromatic nitrogens is 1. The molecule has 2 heterocycles. The smallest absolute Gasteiger partial charge is 0.282 e. The van der Waals surface area contributed by atoms with Gasteiger partial charge in [-0.05, 0) is 6.92 Å². The lowest BCUT2D eigenvalue weighted by Crippen LogP contribution is -2.48. The van der Waals surface area contributed by atoms with Gasteiger partial charge in [0.15, 0.2) is 5.01 Å². The van der Waals surface area contributed by atoms with E-state index >= 15 is 0 Å². The highest BCUT2D eigenvalue weighted by Crippen LogP contribution is 2.13. The third-order valence-electron chi connectivity index (χ3n) is 2.55. The Morgan fingerprint density at radius 3 is 2.62 bits per heavy atom. The number of rotatable bonds is 2. The third kappa shape index (κ3) is 2.21. The summed E-state index contributed by atoms with van der Waals surface area (Å²) in [6, 6.07) is 0. The van der Waals surface area contributed by atoms with Crippen molar-refractivity contribution in [1.29, 1.82) is 0 Å². The van der Waals surface area contributed by atoms with E-state index in [-0.39, 0.29) is 5.91 Å². The van der Waals surface area contributed by atoms with Crippen LogP contribution in [0.1, 0.15) is 15.5 Å². The number of aryl methyl sites for hydroxylation is 1. The van der Waals surface area contributed by atoms with E-state index in [0.29, 0.717) is 31.2 Å². The first-order valence-corrected chi connectivity index (χ1v) is 5.99. The van der Waals surface area contributed by atoms with Crippen LogP contribution in [0.15, 0.2) is 5.38 Å². The highest BCUT2D eigenvalue weighted by atomic mass is 32.1. The molecule has 1 fully saturated rings. The fraction of sp³-hybridized carbons (Fsp3) is 0.500. The second kappa shape index (κ2) is 4.61. The van der Waals surface area contributed by atoms with Gasteiger partial charge in [-0.1, -0.05) is 0 Å². The Kier molecular flexibility index (Phi) is 3.19. The molecule has 1 aromatic heterocycles. The Hall–Kier alpha value is -1.43. The SMILES string of the molecule is Cc1csc(C(=O)N2CCN(C=O)CC2)n1. The van der Waals surface area contributed by atoms with Crippen molar-refractivity contribution in [2.24, 2.45) is 0 Å². The Morgan fingerprint density at radius 2 is 2.12 bits per heavy atom. The maximum atomic E-state index is 12.0. The summed E-state index contributed by atoms with van der Waals surface area (Å²) in [5, 5.41) is 2.41. The monoisotopic (exact) mass is 239 g/mol. The van der Waals surface area contributed by atoms with Gasteiger partial charge >= 0.3 is 0 Å². The summed E-state index contributed by atoms with van der Waals surface area (Å²) in [5.41, 5.74) is 0.875. The van der Waals surface area contributed by atoms with Gasteiger partial charge in [0.05, 0.1) is 0 Å². The van der Waals surface area contributed by atoms with E-state index in [4.69, 9.17) is 0 Å². The molecule has 0 spiro atoms. The van der Waals surface area contributed by atoms with Gasteiger partial charge < -0.3 is 9.80 Å². The van der Waals surface area contributed by atoms with E-state index in [2.05, 4.69) is 4.98 Å². The van der Waals surface area contributed by atoms with E-state index in [1.807, 2.05) is 12.3 Å². The minimum absolute atomic E-state index is 0.0244. The van der Waals surface area contributed by atoms with Gasteiger partial charge in [0.2, 0.25) is 6.41 Å². The molecule has 0 aliphatic carbocycles. The van der Waals surface area contributed by atoms with Crippen LogP contribution in [0.3, 0.4) is 0 Å². The first-order chi connectivity index (χ1) is 7.70. The first kappa shape index (κ1) is 11.1. The maximum Gasteiger partial charge on any atom is 0.282 e. The number of nitrogens with zero attached hydrogens (tertiary/aromatic N) is 3. The van der Waals surface area contributed by atoms with Crippen LogP contribution >= 0.6 is 11.3 Å². The van der Waals surface area contributed by atoms with Crippen molar-refractivity contribution in [2.75, 3.05) is 26.2 Å². The van der Waals surface area contributed by atoms with Crippen molar-refractivity contribution in [2.45, 2.75) is 6.92 Å². The number of hydrogen-bond acceptors (Lipinski definition) is 4. The van der Waals surface area contributed by atoms with Gasteiger partial charge in [-0.2, -0.15) is 0 Å². The second-order valence-electron chi connectivity index (χ2n) is 3.73. The molecule has 6 heteroatoms. The summed E-state index contributed by atoms with van der Waals surface area (Å²) in [7, 11) is 0. The predicted octanol–water partition coefficient (Wildman–Crippen LogP) is 0.366. The molecule has 0 N–H and O–H groups in total. The average Bonchev–Trinajstić information content (AvgIpc) is 2.75. The summed E-state index contributed by atoms with van der Waals surface area (Å²) in [6.45, 7) is 4.28. The molecule has 86 valence electrons. The van der Waals surface area contributed by atoms with Crippen LogP contribution in [0.4, 0.5) is 0 Å². The molecular formula is C10H13N3O2S. The Bertz CT molecular complexity index is 397. The van der Waals surface area contributed by atoms with Crippen LogP contribution in [0.25, 0.3) is 0 Å². The predicted molar refractivity (Wildman–Crippen MR) is 60.4 cm³/mol. The fourth-order valence-electron chi connectivity index (χ4n) is 1.62. The van der Waals surface area contributed by atoms with Gasteiger partial charge in [-0.3, -0.25) is 9.59 Å². The van der Waals surface area contributed by atoms with Crippen LogP contribution in [-0.4, -0.2) is 53.3 Å². The van der Waals surface area contributed by atoms with Crippen molar-refractivity contribution < 1.29 is 9.59 Å². The number of amides is 2. The van der Waals surface area contributed by atoms with Crippen molar-refractivity contribution in [3.63, 3.8) is 0 Å². The zero-order chi connectivity index (χ0) is 11.5. The summed E-state index contributed by atoms with van der Waals surface area (Å²) in [4.78, 5) is 30.1. The van der Waals surface area contributed by atoms with E-state index in [0.717, 1.165) is 12.1 Å². The minimum Gasteiger partial charge on any atom is -0.342 e. The molecule has 0 aromatic carbocycles. The fourth-order valence-corrected chi connectivity index (χ4v) is 2.38. The topological polar surface area (TPSA) is 53.5 Å². The average molecular weight is 239 g/mol. The molecule has 0 atom stereocenters. The molecule has 16 heavy (non-hydrogen) atoms. The van der Waals surface area contributed by atoms with Crippen LogP contribution in [0.5, 0.6) is 0 Å². The number of hydrogen-bond donors (Lipinski definition) is 0. The lowest BCUT2D eigenvalue weighted by Gasteiger charge is -2.31. The Morgan fingerprint density at radius 1 is 1.44 bits per heavy atom. The van der Waals surface area contributed by atoms with Crippen molar-refractivity contribution >= 4 is 23.7 Å². The van der Waals surface area contributed by atoms with Gasteiger partial charge in [0, 0.05) is 37.3 Å². The summed E-state index contributed by atoms with van der Waals surface area (Å²) < 4.78 is 0. The molecule has 0 bridgehead atoms. The number of carbonyl (C=O) groups excluding carboxylic acids is 2. The molecule has 5 nitrogen and oxygen atoms in total. The maximum absolute atomic E-state index is 12.0. The van der Waals surface area contributed by atoms with Crippen LogP contribution in [0.2, 0.25) is 0 Å². The molecule has 0 radical (unpaired) electrons. The molecule has 1 saturated heterocycles. The lowest BCUT2D eigenvalue weighted by molar-refractivity contribution is -0.119. The standard InChI is InChI=1S/C10H13N3O2S/c1-8-6-16-9(11-8)10(15)13-4-2-12(7-14)3-5-13/h6-7H,2-5H2,1H3. The molecular weight excluding hydrogens is 226 g/mol. The summed E-state index contributed by atoms with van der Waals surface area (Å²) in [6.07, 6.45) is 0.829. The van der Waals surface area contributed by atoms with E-state index in [1.54, 1.807) is 9.80 Å². The second-order valence-corrected chi connectivity index (χ2v) is 4.59. The Labute approximate surface area is 97.7 Å². The molecule has 1 aromatic rings. The summed E-state index contributed by atoms with van der Waals surface area (Å²) in [5.74, 6) is -0.0244. The molecule has 2 rings (SSSR count). The van der Waals surface area contributed by atoms with E-state index in [9.17, 15) is 9.59 Å². The lowest BCUT2D eigenvalue weighted by atomic mass is 10.3. The minimum atomic E-state index is -0.0244. The largest absolute Gasteiger partial charge is 0.342 e. The Balaban J connectivity index is 1.99. The van der Waals surface area contributed by atoms with Crippen molar-refractivity contribution in [1.82, 2.24) is 14.8 Å². The number of thiazole rings is 1. The molecule has 1 aliphatic rings. The van der Waals surface area contributed by atoms with Crippen LogP contribution < -0.4 is 0 Å². The summed E-state index contributed by atoms with van der Waals surface area (Å²) >= 11 is 1.37. The quantitative estimate of drug-likeness (QED) is 0.700. The molecule has 0 unspecified atom stereocenters. The molecule has 0 saturated carbocycles. The molecule has 2 amide bonds. The zero-order valence-corrected chi connectivity index (χ0v) is 9.87. The van der Waals surface area contributed by atoms with E-state index in [1.165, 1.54) is 11.3 Å². The number of piperazine rings is 1. The van der Waals surface area contributed by atoms with Gasteiger partial charge in [0.25, 0.3) is 5.91 Å². The highest BCUT2D eigenvalue weighted by Gasteiger charge is 2.22. The van der Waals surface area contributed by atoms with Crippen LogP contribution in [-0.2, 0) is 4.79 Å². The first-order valence-electron chi connectivity index (χ1n) is 5.11. The van der Waals surface area contributed by atoms with Crippen molar-refractivity contribution in [3.05, 3.63) is 16.1 Å². The zero-order valence-electron chi connectivity index (χ0n) is 9.05. The highest BCUT2D eigenvalue weighted by molar-refractivity contribution is 7.11. The normalized spacial score (nSPS) is 16.3. The van der Waals surface area contributed by atoms with Gasteiger partial charge in [-0.15, -0.1) is 11.3 Å². The number of carbonyl (C=O) groups is 2. The molecule has 1 aliphatic heterocycles. The van der Waals surface area contributed by atoms with Crippen molar-refractivity contribution in [3.8, 4) is 0 Å². The van der Waals surface area contributed by atoms with Gasteiger partial charge in [0.1, 0.15) is 0 Å². The van der Waals surface area contributed by atoms with Crippen LogP contribution in [0, 0.1) is 6.92 Å². The van der Waals surface area contributed by atoms with E-state index < -0.39 is 0 Å². The third-order valence-corrected chi connectivity index (χ3v) is 3.50. The van der Waals surface area contributed by atoms with Gasteiger partial charge in [-0.25, -0.2) is 4.98 Å².